The molecule has 0 heterocycles. The summed E-state index contributed by atoms with van der Waals surface area (Å²) in [5, 5.41) is 7.43. The zero-order chi connectivity index (χ0) is 10.7. The topological polar surface area (TPSA) is 105 Å². The Labute approximate surface area is 81.6 Å². The number of benzene rings is 1. The molecule has 1 amide bonds. The Morgan fingerprint density at radius 2 is 2.14 bits per heavy atom. The number of hydrogen-bond donors (Lipinski definition) is 4. The highest BCUT2D eigenvalue weighted by Gasteiger charge is 2.07. The lowest BCUT2D eigenvalue weighted by molar-refractivity contribution is 0.0953. The van der Waals surface area contributed by atoms with E-state index in [1.807, 2.05) is 5.43 Å². The molecule has 74 valence electrons. The van der Waals surface area contributed by atoms with Crippen molar-refractivity contribution in [3.05, 3.63) is 29.3 Å². The molecule has 6 N–H and O–H groups in total. The van der Waals surface area contributed by atoms with E-state index in [0.717, 1.165) is 0 Å². The average Bonchev–Trinajstić information content (AvgIpc) is 2.17. The molecule has 0 fully saturated rings. The fourth-order valence-electron chi connectivity index (χ4n) is 1.11. The molecule has 14 heavy (non-hydrogen) atoms. The van der Waals surface area contributed by atoms with Crippen molar-refractivity contribution >= 4 is 17.3 Å². The van der Waals surface area contributed by atoms with Crippen LogP contribution in [-0.2, 0) is 0 Å². The van der Waals surface area contributed by atoms with Crippen LogP contribution in [0.5, 0.6) is 0 Å². The number of amides is 1. The lowest BCUT2D eigenvalue weighted by atomic mass is 10.1. The van der Waals surface area contributed by atoms with Crippen LogP contribution in [0.4, 0.5) is 5.69 Å². The lowest BCUT2D eigenvalue weighted by Gasteiger charge is -2.06. The molecule has 5 heteroatoms. The van der Waals surface area contributed by atoms with Crippen molar-refractivity contribution in [1.82, 2.24) is 5.43 Å². The van der Waals surface area contributed by atoms with E-state index >= 15 is 0 Å². The number of nitrogen functional groups attached to an aromatic ring is 2. The molecule has 0 unspecified atom stereocenters. The van der Waals surface area contributed by atoms with Gasteiger partial charge in [0.2, 0.25) is 0 Å². The number of anilines is 1. The maximum Gasteiger partial charge on any atom is 0.265 e. The highest BCUT2D eigenvalue weighted by Crippen LogP contribution is 2.14. The van der Waals surface area contributed by atoms with Gasteiger partial charge in [0.1, 0.15) is 0 Å². The van der Waals surface area contributed by atoms with E-state index in [-0.39, 0.29) is 0 Å². The van der Waals surface area contributed by atoms with Gasteiger partial charge in [0.25, 0.3) is 5.91 Å². The standard InChI is InChI=1S/C9H12N4O/c1-5(10)7-4-6(9(14)13-12)2-3-8(7)11/h2-4,10H,11-12H2,1H3,(H,13,14). The molecule has 0 bridgehead atoms. The summed E-state index contributed by atoms with van der Waals surface area (Å²) in [6.45, 7) is 1.61. The molecule has 0 aliphatic heterocycles. The normalized spacial score (nSPS) is 9.57. The molecule has 0 saturated carbocycles. The SMILES string of the molecule is CC(=N)c1cc(C(=O)NN)ccc1N. The number of carbonyl (C=O) groups excluding carboxylic acids is 1. The Morgan fingerprint density at radius 3 is 2.64 bits per heavy atom. The first-order chi connectivity index (χ1) is 6.56. The van der Waals surface area contributed by atoms with Crippen LogP contribution in [0.2, 0.25) is 0 Å². The van der Waals surface area contributed by atoms with Crippen LogP contribution in [0.3, 0.4) is 0 Å². The van der Waals surface area contributed by atoms with Gasteiger partial charge in [-0.15, -0.1) is 0 Å². The third-order valence-electron chi connectivity index (χ3n) is 1.85. The lowest BCUT2D eigenvalue weighted by Crippen LogP contribution is -2.30. The van der Waals surface area contributed by atoms with Crippen molar-refractivity contribution in [1.29, 1.82) is 5.41 Å². The van der Waals surface area contributed by atoms with Crippen LogP contribution in [-0.4, -0.2) is 11.6 Å². The average molecular weight is 192 g/mol. The van der Waals surface area contributed by atoms with Crippen LogP contribution >= 0.6 is 0 Å². The number of hydrazine groups is 1. The van der Waals surface area contributed by atoms with Gasteiger partial charge in [-0.05, 0) is 25.1 Å². The van der Waals surface area contributed by atoms with E-state index in [1.54, 1.807) is 25.1 Å². The van der Waals surface area contributed by atoms with E-state index < -0.39 is 5.91 Å². The monoisotopic (exact) mass is 192 g/mol. The fraction of sp³-hybridized carbons (Fsp3) is 0.111. The predicted octanol–water partition coefficient (Wildman–Crippen LogP) is 0.260. The molecule has 0 radical (unpaired) electrons. The Kier molecular flexibility index (Phi) is 2.83. The first kappa shape index (κ1) is 10.2. The smallest absolute Gasteiger partial charge is 0.265 e. The van der Waals surface area contributed by atoms with Gasteiger partial charge >= 0.3 is 0 Å². The van der Waals surface area contributed by atoms with Crippen LogP contribution in [0.15, 0.2) is 18.2 Å². The number of nitrogens with two attached hydrogens (primary N) is 2. The summed E-state index contributed by atoms with van der Waals surface area (Å²) in [5.74, 6) is 4.59. The van der Waals surface area contributed by atoms with Crippen LogP contribution < -0.4 is 17.0 Å². The molecule has 0 spiro atoms. The summed E-state index contributed by atoms with van der Waals surface area (Å²) in [5.41, 5.74) is 9.38. The van der Waals surface area contributed by atoms with Crippen molar-refractivity contribution in [2.24, 2.45) is 5.84 Å². The van der Waals surface area contributed by atoms with Gasteiger partial charge in [-0.25, -0.2) is 5.84 Å². The Bertz CT molecular complexity index is 386. The largest absolute Gasteiger partial charge is 0.398 e. The molecule has 1 aromatic carbocycles. The van der Waals surface area contributed by atoms with Crippen LogP contribution in [0, 0.1) is 5.41 Å². The van der Waals surface area contributed by atoms with Gasteiger partial charge in [0, 0.05) is 22.5 Å². The zero-order valence-electron chi connectivity index (χ0n) is 7.79. The number of hydrogen-bond acceptors (Lipinski definition) is 4. The van der Waals surface area contributed by atoms with Gasteiger partial charge in [-0.1, -0.05) is 0 Å². The summed E-state index contributed by atoms with van der Waals surface area (Å²) in [6, 6.07) is 4.68. The third kappa shape index (κ3) is 1.89. The minimum absolute atomic E-state index is 0.314. The fourth-order valence-corrected chi connectivity index (χ4v) is 1.11. The van der Waals surface area contributed by atoms with Gasteiger partial charge in [-0.3, -0.25) is 10.2 Å². The Hall–Kier alpha value is -1.88. The van der Waals surface area contributed by atoms with Crippen molar-refractivity contribution < 1.29 is 4.79 Å². The minimum atomic E-state index is -0.396. The van der Waals surface area contributed by atoms with E-state index in [2.05, 4.69) is 0 Å². The quantitative estimate of drug-likeness (QED) is 0.177. The second-order valence-corrected chi connectivity index (χ2v) is 2.90. The highest BCUT2D eigenvalue weighted by molar-refractivity contribution is 6.04. The Morgan fingerprint density at radius 1 is 1.50 bits per heavy atom. The number of carbonyl (C=O) groups is 1. The number of rotatable bonds is 2. The molecular formula is C9H12N4O. The van der Waals surface area contributed by atoms with E-state index in [1.165, 1.54) is 0 Å². The molecule has 1 rings (SSSR count). The highest BCUT2D eigenvalue weighted by atomic mass is 16.2. The molecule has 0 atom stereocenters. The summed E-state index contributed by atoms with van der Waals surface area (Å²) < 4.78 is 0. The summed E-state index contributed by atoms with van der Waals surface area (Å²) >= 11 is 0. The molecule has 1 aromatic rings. The first-order valence-electron chi connectivity index (χ1n) is 4.02. The summed E-state index contributed by atoms with van der Waals surface area (Å²) in [6.07, 6.45) is 0. The maximum absolute atomic E-state index is 11.2. The molecule has 0 aliphatic rings. The second-order valence-electron chi connectivity index (χ2n) is 2.90. The van der Waals surface area contributed by atoms with Gasteiger partial charge in [0.05, 0.1) is 0 Å². The summed E-state index contributed by atoms with van der Waals surface area (Å²) in [7, 11) is 0. The van der Waals surface area contributed by atoms with Gasteiger partial charge in [0.15, 0.2) is 0 Å². The molecule has 0 aliphatic carbocycles. The van der Waals surface area contributed by atoms with Crippen molar-refractivity contribution in [2.45, 2.75) is 6.92 Å². The zero-order valence-corrected chi connectivity index (χ0v) is 7.79. The van der Waals surface area contributed by atoms with Gasteiger partial charge in [-0.2, -0.15) is 0 Å². The van der Waals surface area contributed by atoms with Crippen LogP contribution in [0.25, 0.3) is 0 Å². The summed E-state index contributed by atoms with van der Waals surface area (Å²) in [4.78, 5) is 11.2. The maximum atomic E-state index is 11.2. The van der Waals surface area contributed by atoms with E-state index in [9.17, 15) is 4.79 Å². The first-order valence-corrected chi connectivity index (χ1v) is 4.02. The van der Waals surface area contributed by atoms with Crippen molar-refractivity contribution in [2.75, 3.05) is 5.73 Å². The van der Waals surface area contributed by atoms with Crippen LogP contribution in [0.1, 0.15) is 22.8 Å². The second kappa shape index (κ2) is 3.89. The molecule has 5 nitrogen and oxygen atoms in total. The Balaban J connectivity index is 3.19. The molecular weight excluding hydrogens is 180 g/mol. The molecule has 0 saturated heterocycles. The molecule has 0 aromatic heterocycles. The third-order valence-corrected chi connectivity index (χ3v) is 1.85. The van der Waals surface area contributed by atoms with Crippen molar-refractivity contribution in [3.63, 3.8) is 0 Å². The van der Waals surface area contributed by atoms with E-state index in [4.69, 9.17) is 17.0 Å². The van der Waals surface area contributed by atoms with Gasteiger partial charge < -0.3 is 11.1 Å². The number of nitrogens with one attached hydrogen (secondary N) is 2. The minimum Gasteiger partial charge on any atom is -0.398 e. The van der Waals surface area contributed by atoms with Crippen molar-refractivity contribution in [3.8, 4) is 0 Å². The predicted molar refractivity (Wildman–Crippen MR) is 55.0 cm³/mol. The van der Waals surface area contributed by atoms with E-state index in [0.29, 0.717) is 22.5 Å².